The minimum atomic E-state index is -0.286. The van der Waals surface area contributed by atoms with Gasteiger partial charge in [-0.25, -0.2) is 9.37 Å². The highest BCUT2D eigenvalue weighted by Crippen LogP contribution is 2.26. The van der Waals surface area contributed by atoms with Crippen LogP contribution >= 0.6 is 0 Å². The van der Waals surface area contributed by atoms with Gasteiger partial charge in [-0.1, -0.05) is 12.1 Å². The Morgan fingerprint density at radius 2 is 1.81 bits per heavy atom. The van der Waals surface area contributed by atoms with E-state index in [-0.39, 0.29) is 17.4 Å². The van der Waals surface area contributed by atoms with Gasteiger partial charge in [0.1, 0.15) is 23.6 Å². The zero-order valence-electron chi connectivity index (χ0n) is 18.8. The van der Waals surface area contributed by atoms with Gasteiger partial charge in [-0.05, 0) is 42.8 Å². The fourth-order valence-corrected chi connectivity index (χ4v) is 3.27. The van der Waals surface area contributed by atoms with Crippen LogP contribution in [0.5, 0.6) is 11.5 Å². The SMILES string of the molecule is CCN(C)C(=O)c1coc(CN(Cc2ccc(F)cc2)Cc2cc(OC)ccc2OC)n1. The molecule has 0 fully saturated rings. The fraction of sp³-hybridized carbons (Fsp3) is 0.333. The van der Waals surface area contributed by atoms with Gasteiger partial charge < -0.3 is 18.8 Å². The maximum absolute atomic E-state index is 13.4. The van der Waals surface area contributed by atoms with Gasteiger partial charge in [0.25, 0.3) is 5.91 Å². The molecule has 32 heavy (non-hydrogen) atoms. The summed E-state index contributed by atoms with van der Waals surface area (Å²) in [6.45, 7) is 3.83. The van der Waals surface area contributed by atoms with Gasteiger partial charge in [-0.3, -0.25) is 9.69 Å². The van der Waals surface area contributed by atoms with Crippen molar-refractivity contribution in [3.63, 3.8) is 0 Å². The summed E-state index contributed by atoms with van der Waals surface area (Å²) in [5.41, 5.74) is 2.12. The summed E-state index contributed by atoms with van der Waals surface area (Å²) < 4.78 is 29.8. The lowest BCUT2D eigenvalue weighted by molar-refractivity contribution is 0.0796. The molecule has 0 aliphatic heterocycles. The first kappa shape index (κ1) is 23.3. The van der Waals surface area contributed by atoms with Gasteiger partial charge in [-0.15, -0.1) is 0 Å². The van der Waals surface area contributed by atoms with Gasteiger partial charge in [0.2, 0.25) is 5.89 Å². The first-order valence-electron chi connectivity index (χ1n) is 10.3. The van der Waals surface area contributed by atoms with Gasteiger partial charge in [0, 0.05) is 32.2 Å². The Labute approximate surface area is 187 Å². The third kappa shape index (κ3) is 5.85. The molecule has 0 N–H and O–H groups in total. The van der Waals surface area contributed by atoms with Crippen molar-refractivity contribution in [2.24, 2.45) is 0 Å². The van der Waals surface area contributed by atoms with E-state index in [1.54, 1.807) is 38.3 Å². The van der Waals surface area contributed by atoms with Crippen molar-refractivity contribution < 1.29 is 23.1 Å². The van der Waals surface area contributed by atoms with Crippen LogP contribution in [0.1, 0.15) is 34.4 Å². The first-order valence-corrected chi connectivity index (χ1v) is 10.3. The zero-order chi connectivity index (χ0) is 23.1. The molecule has 0 saturated heterocycles. The summed E-state index contributed by atoms with van der Waals surface area (Å²) >= 11 is 0. The molecule has 8 heteroatoms. The Balaban J connectivity index is 1.85. The molecule has 0 spiro atoms. The van der Waals surface area contributed by atoms with Crippen LogP contribution in [-0.2, 0) is 19.6 Å². The number of carbonyl (C=O) groups excluding carboxylic acids is 1. The maximum atomic E-state index is 13.4. The Bertz CT molecular complexity index is 1040. The molecule has 170 valence electrons. The Kier molecular flexibility index (Phi) is 7.83. The Morgan fingerprint density at radius 3 is 2.47 bits per heavy atom. The maximum Gasteiger partial charge on any atom is 0.275 e. The van der Waals surface area contributed by atoms with E-state index in [9.17, 15) is 9.18 Å². The van der Waals surface area contributed by atoms with Crippen molar-refractivity contribution in [1.82, 2.24) is 14.8 Å². The standard InChI is InChI=1S/C24H28FN3O4/c1-5-27(2)24(29)21-16-32-23(26-21)15-28(13-17-6-8-19(25)9-7-17)14-18-12-20(30-3)10-11-22(18)31-4/h6-12,16H,5,13-15H2,1-4H3. The number of methoxy groups -OCH3 is 2. The van der Waals surface area contributed by atoms with Crippen molar-refractivity contribution in [2.45, 2.75) is 26.6 Å². The van der Waals surface area contributed by atoms with Crippen molar-refractivity contribution in [3.05, 3.63) is 77.3 Å². The summed E-state index contributed by atoms with van der Waals surface area (Å²) in [6.07, 6.45) is 1.38. The minimum absolute atomic E-state index is 0.193. The highest BCUT2D eigenvalue weighted by atomic mass is 19.1. The Hall–Kier alpha value is -3.39. The van der Waals surface area contributed by atoms with Crippen LogP contribution in [0, 0.1) is 5.82 Å². The second-order valence-corrected chi connectivity index (χ2v) is 7.40. The topological polar surface area (TPSA) is 68.0 Å². The van der Waals surface area contributed by atoms with E-state index in [2.05, 4.69) is 9.88 Å². The van der Waals surface area contributed by atoms with E-state index in [0.717, 1.165) is 16.9 Å². The van der Waals surface area contributed by atoms with Crippen LogP contribution < -0.4 is 9.47 Å². The highest BCUT2D eigenvalue weighted by molar-refractivity contribution is 5.91. The predicted molar refractivity (Wildman–Crippen MR) is 118 cm³/mol. The van der Waals surface area contributed by atoms with Gasteiger partial charge in [0.05, 0.1) is 20.8 Å². The molecule has 3 aromatic rings. The molecule has 7 nitrogen and oxygen atoms in total. The van der Waals surface area contributed by atoms with Crippen LogP contribution in [0.2, 0.25) is 0 Å². The third-order valence-electron chi connectivity index (χ3n) is 5.15. The quantitative estimate of drug-likeness (QED) is 0.471. The monoisotopic (exact) mass is 441 g/mol. The van der Waals surface area contributed by atoms with Gasteiger partial charge >= 0.3 is 0 Å². The number of oxazole rings is 1. The first-order chi connectivity index (χ1) is 15.4. The van der Waals surface area contributed by atoms with E-state index in [0.29, 0.717) is 37.8 Å². The van der Waals surface area contributed by atoms with Crippen LogP contribution in [0.25, 0.3) is 0 Å². The number of halogens is 1. The van der Waals surface area contributed by atoms with E-state index < -0.39 is 0 Å². The molecule has 0 aliphatic carbocycles. The lowest BCUT2D eigenvalue weighted by Crippen LogP contribution is -2.26. The van der Waals surface area contributed by atoms with E-state index >= 15 is 0 Å². The van der Waals surface area contributed by atoms with Crippen molar-refractivity contribution in [1.29, 1.82) is 0 Å². The summed E-state index contributed by atoms with van der Waals surface area (Å²) in [4.78, 5) is 20.4. The molecular formula is C24H28FN3O4. The highest BCUT2D eigenvalue weighted by Gasteiger charge is 2.19. The Morgan fingerprint density at radius 1 is 1.06 bits per heavy atom. The minimum Gasteiger partial charge on any atom is -0.497 e. The number of amides is 1. The second kappa shape index (κ2) is 10.8. The van der Waals surface area contributed by atoms with Gasteiger partial charge in [-0.2, -0.15) is 0 Å². The molecule has 0 bridgehead atoms. The molecular weight excluding hydrogens is 413 g/mol. The molecule has 2 aromatic carbocycles. The summed E-state index contributed by atoms with van der Waals surface area (Å²) in [6, 6.07) is 12.0. The smallest absolute Gasteiger partial charge is 0.275 e. The molecule has 0 radical (unpaired) electrons. The molecule has 0 aliphatic rings. The summed E-state index contributed by atoms with van der Waals surface area (Å²) in [5.74, 6) is 1.38. The van der Waals surface area contributed by atoms with Crippen LogP contribution in [0.3, 0.4) is 0 Å². The van der Waals surface area contributed by atoms with Crippen molar-refractivity contribution in [2.75, 3.05) is 27.8 Å². The molecule has 1 heterocycles. The van der Waals surface area contributed by atoms with E-state index in [4.69, 9.17) is 13.9 Å². The number of hydrogen-bond acceptors (Lipinski definition) is 6. The zero-order valence-corrected chi connectivity index (χ0v) is 18.8. The number of ether oxygens (including phenoxy) is 2. The third-order valence-corrected chi connectivity index (χ3v) is 5.15. The fourth-order valence-electron chi connectivity index (χ4n) is 3.27. The van der Waals surface area contributed by atoms with Crippen molar-refractivity contribution in [3.8, 4) is 11.5 Å². The molecule has 0 saturated carbocycles. The number of hydrogen-bond donors (Lipinski definition) is 0. The lowest BCUT2D eigenvalue weighted by atomic mass is 10.1. The molecule has 3 rings (SSSR count). The van der Waals surface area contributed by atoms with Crippen LogP contribution in [0.4, 0.5) is 4.39 Å². The average Bonchev–Trinajstić information content (AvgIpc) is 3.27. The van der Waals surface area contributed by atoms with E-state index in [1.165, 1.54) is 18.4 Å². The number of carbonyl (C=O) groups is 1. The molecule has 0 atom stereocenters. The summed E-state index contributed by atoms with van der Waals surface area (Å²) in [7, 11) is 4.94. The van der Waals surface area contributed by atoms with Crippen LogP contribution in [0.15, 0.2) is 53.1 Å². The normalized spacial score (nSPS) is 10.9. The molecule has 0 unspecified atom stereocenters. The number of aromatic nitrogens is 1. The second-order valence-electron chi connectivity index (χ2n) is 7.40. The average molecular weight is 442 g/mol. The largest absolute Gasteiger partial charge is 0.497 e. The molecule has 1 amide bonds. The lowest BCUT2D eigenvalue weighted by Gasteiger charge is -2.22. The summed E-state index contributed by atoms with van der Waals surface area (Å²) in [5, 5.41) is 0. The van der Waals surface area contributed by atoms with Gasteiger partial charge in [0.15, 0.2) is 5.69 Å². The number of nitrogens with zero attached hydrogens (tertiary/aromatic N) is 3. The number of rotatable bonds is 10. The van der Waals surface area contributed by atoms with E-state index in [1.807, 2.05) is 25.1 Å². The predicted octanol–water partition coefficient (Wildman–Crippen LogP) is 4.13. The molecule has 1 aromatic heterocycles. The van der Waals surface area contributed by atoms with Crippen LogP contribution in [-0.4, -0.2) is 48.5 Å². The van der Waals surface area contributed by atoms with Crippen molar-refractivity contribution >= 4 is 5.91 Å². The number of benzene rings is 2.